The lowest BCUT2D eigenvalue weighted by atomic mass is 9.98. The molecule has 0 spiro atoms. The summed E-state index contributed by atoms with van der Waals surface area (Å²) >= 11 is 0. The Balaban J connectivity index is 2.00. The van der Waals surface area contributed by atoms with Gasteiger partial charge in [0.15, 0.2) is 11.6 Å². The largest absolute Gasteiger partial charge is 0.494 e. The molecule has 0 bridgehead atoms. The molecule has 3 atom stereocenters. The molecule has 1 aliphatic heterocycles. The molecule has 1 aromatic carbocycles. The van der Waals surface area contributed by atoms with Gasteiger partial charge in [-0.1, -0.05) is 6.07 Å². The van der Waals surface area contributed by atoms with E-state index in [1.807, 2.05) is 0 Å². The molecule has 1 aromatic rings. The topological polar surface area (TPSA) is 30.5 Å². The minimum Gasteiger partial charge on any atom is -0.494 e. The molecule has 19 heavy (non-hydrogen) atoms. The van der Waals surface area contributed by atoms with Crippen molar-refractivity contribution in [1.82, 2.24) is 5.32 Å². The van der Waals surface area contributed by atoms with Gasteiger partial charge in [-0.25, -0.2) is 4.39 Å². The zero-order valence-electron chi connectivity index (χ0n) is 11.8. The van der Waals surface area contributed by atoms with Crippen LogP contribution in [0.5, 0.6) is 5.75 Å². The summed E-state index contributed by atoms with van der Waals surface area (Å²) in [6.07, 6.45) is 1.10. The number of methoxy groups -OCH3 is 1. The van der Waals surface area contributed by atoms with Crippen molar-refractivity contribution in [1.29, 1.82) is 0 Å². The molecule has 4 heteroatoms. The molecule has 0 aliphatic carbocycles. The molecule has 0 aromatic heterocycles. The third-order valence-corrected chi connectivity index (χ3v) is 3.86. The molecule has 2 rings (SSSR count). The Bertz CT molecular complexity index is 419. The number of hydrogen-bond acceptors (Lipinski definition) is 3. The lowest BCUT2D eigenvalue weighted by molar-refractivity contribution is 0.177. The van der Waals surface area contributed by atoms with Crippen LogP contribution in [0.3, 0.4) is 0 Å². The van der Waals surface area contributed by atoms with Crippen LogP contribution in [0.15, 0.2) is 18.2 Å². The van der Waals surface area contributed by atoms with Crippen LogP contribution in [0.1, 0.15) is 31.9 Å². The van der Waals surface area contributed by atoms with E-state index in [4.69, 9.17) is 9.47 Å². The number of nitrogens with one attached hydrogen (secondary N) is 1. The fraction of sp³-hybridized carbons (Fsp3) is 0.600. The Morgan fingerprint density at radius 1 is 1.42 bits per heavy atom. The molecule has 106 valence electrons. The van der Waals surface area contributed by atoms with Crippen LogP contribution < -0.4 is 10.1 Å². The predicted molar refractivity (Wildman–Crippen MR) is 72.9 cm³/mol. The zero-order chi connectivity index (χ0) is 13.8. The fourth-order valence-electron chi connectivity index (χ4n) is 2.52. The van der Waals surface area contributed by atoms with Gasteiger partial charge < -0.3 is 14.8 Å². The molecule has 0 amide bonds. The first-order valence-electron chi connectivity index (χ1n) is 6.79. The van der Waals surface area contributed by atoms with Crippen molar-refractivity contribution in [2.75, 3.05) is 20.3 Å². The van der Waals surface area contributed by atoms with Gasteiger partial charge in [0.05, 0.1) is 13.7 Å². The lowest BCUT2D eigenvalue weighted by Gasteiger charge is -2.24. The summed E-state index contributed by atoms with van der Waals surface area (Å²) in [5, 5.41) is 3.55. The number of rotatable bonds is 5. The van der Waals surface area contributed by atoms with E-state index in [1.165, 1.54) is 13.2 Å². The Morgan fingerprint density at radius 3 is 2.84 bits per heavy atom. The maximum absolute atomic E-state index is 13.4. The van der Waals surface area contributed by atoms with Gasteiger partial charge in [-0.15, -0.1) is 0 Å². The van der Waals surface area contributed by atoms with Crippen molar-refractivity contribution in [3.63, 3.8) is 0 Å². The average Bonchev–Trinajstić information content (AvgIpc) is 2.93. The van der Waals surface area contributed by atoms with Gasteiger partial charge in [-0.05, 0) is 43.9 Å². The van der Waals surface area contributed by atoms with Crippen molar-refractivity contribution < 1.29 is 13.9 Å². The van der Waals surface area contributed by atoms with Crippen molar-refractivity contribution >= 4 is 0 Å². The molecule has 1 saturated heterocycles. The first kappa shape index (κ1) is 14.3. The predicted octanol–water partition coefficient (Wildman–Crippen LogP) is 2.91. The maximum Gasteiger partial charge on any atom is 0.165 e. The summed E-state index contributed by atoms with van der Waals surface area (Å²) in [5.41, 5.74) is 1.03. The van der Waals surface area contributed by atoms with E-state index < -0.39 is 0 Å². The van der Waals surface area contributed by atoms with Crippen molar-refractivity contribution in [3.05, 3.63) is 29.6 Å². The molecule has 0 radical (unpaired) electrons. The summed E-state index contributed by atoms with van der Waals surface area (Å²) < 4.78 is 23.8. The van der Waals surface area contributed by atoms with Crippen LogP contribution in [0.2, 0.25) is 0 Å². The van der Waals surface area contributed by atoms with Gasteiger partial charge in [-0.2, -0.15) is 0 Å². The van der Waals surface area contributed by atoms with Crippen LogP contribution in [-0.2, 0) is 4.74 Å². The molecule has 3 nitrogen and oxygen atoms in total. The second kappa shape index (κ2) is 6.35. The highest BCUT2D eigenvalue weighted by Crippen LogP contribution is 2.24. The number of benzene rings is 1. The molecule has 0 saturated carbocycles. The van der Waals surface area contributed by atoms with Gasteiger partial charge in [0.25, 0.3) is 0 Å². The van der Waals surface area contributed by atoms with Crippen LogP contribution in [0.25, 0.3) is 0 Å². The number of halogens is 1. The van der Waals surface area contributed by atoms with Gasteiger partial charge in [0.2, 0.25) is 0 Å². The van der Waals surface area contributed by atoms with E-state index in [2.05, 4.69) is 19.2 Å². The summed E-state index contributed by atoms with van der Waals surface area (Å²) in [4.78, 5) is 0. The minimum absolute atomic E-state index is 0.157. The van der Waals surface area contributed by atoms with E-state index in [0.717, 1.165) is 25.2 Å². The molecule has 1 heterocycles. The van der Waals surface area contributed by atoms with Gasteiger partial charge >= 0.3 is 0 Å². The molecule has 1 fully saturated rings. The Kier molecular flexibility index (Phi) is 4.77. The smallest absolute Gasteiger partial charge is 0.165 e. The Labute approximate surface area is 114 Å². The van der Waals surface area contributed by atoms with Crippen molar-refractivity contribution in [3.8, 4) is 5.75 Å². The third kappa shape index (κ3) is 3.45. The number of hydrogen-bond donors (Lipinski definition) is 1. The second-order valence-corrected chi connectivity index (χ2v) is 5.19. The van der Waals surface area contributed by atoms with Gasteiger partial charge in [0, 0.05) is 18.7 Å². The minimum atomic E-state index is -0.323. The first-order valence-corrected chi connectivity index (χ1v) is 6.79. The van der Waals surface area contributed by atoms with E-state index in [0.29, 0.717) is 17.7 Å². The molecule has 1 aliphatic rings. The molecule has 1 N–H and O–H groups in total. The second-order valence-electron chi connectivity index (χ2n) is 5.19. The highest BCUT2D eigenvalue weighted by Gasteiger charge is 2.23. The third-order valence-electron chi connectivity index (χ3n) is 3.86. The van der Waals surface area contributed by atoms with Crippen LogP contribution >= 0.6 is 0 Å². The fourth-order valence-corrected chi connectivity index (χ4v) is 2.52. The monoisotopic (exact) mass is 267 g/mol. The van der Waals surface area contributed by atoms with Crippen molar-refractivity contribution in [2.24, 2.45) is 5.92 Å². The van der Waals surface area contributed by atoms with Crippen LogP contribution in [-0.4, -0.2) is 26.4 Å². The number of ether oxygens (including phenoxy) is 2. The molecular formula is C15H22FNO2. The normalized spacial score (nSPS) is 22.2. The van der Waals surface area contributed by atoms with E-state index in [9.17, 15) is 4.39 Å². The van der Waals surface area contributed by atoms with Gasteiger partial charge in [-0.3, -0.25) is 0 Å². The maximum atomic E-state index is 13.4. The van der Waals surface area contributed by atoms with Crippen LogP contribution in [0, 0.1) is 11.7 Å². The van der Waals surface area contributed by atoms with E-state index in [-0.39, 0.29) is 11.9 Å². The summed E-state index contributed by atoms with van der Waals surface area (Å²) in [5.74, 6) is 0.531. The summed E-state index contributed by atoms with van der Waals surface area (Å²) in [6.45, 7) is 5.94. The SMILES string of the molecule is COc1cc([C@H](C)N[C@H](C)[C@@H]2CCOC2)ccc1F. The average molecular weight is 267 g/mol. The highest BCUT2D eigenvalue weighted by molar-refractivity contribution is 5.32. The van der Waals surface area contributed by atoms with E-state index >= 15 is 0 Å². The van der Waals surface area contributed by atoms with Gasteiger partial charge in [0.1, 0.15) is 0 Å². The molecule has 0 unspecified atom stereocenters. The first-order chi connectivity index (χ1) is 9.11. The summed E-state index contributed by atoms with van der Waals surface area (Å²) in [6, 6.07) is 5.55. The van der Waals surface area contributed by atoms with Crippen molar-refractivity contribution in [2.45, 2.75) is 32.4 Å². The highest BCUT2D eigenvalue weighted by atomic mass is 19.1. The van der Waals surface area contributed by atoms with Crippen LogP contribution in [0.4, 0.5) is 4.39 Å². The Hall–Kier alpha value is -1.13. The zero-order valence-corrected chi connectivity index (χ0v) is 11.8. The van der Waals surface area contributed by atoms with E-state index in [1.54, 1.807) is 12.1 Å². The molecular weight excluding hydrogens is 245 g/mol. The lowest BCUT2D eigenvalue weighted by Crippen LogP contribution is -2.35. The Morgan fingerprint density at radius 2 is 2.21 bits per heavy atom. The standard InChI is InChI=1S/C15H22FNO2/c1-10(17-11(2)13-6-7-19-9-13)12-4-5-14(16)15(8-12)18-3/h4-5,8,10-11,13,17H,6-7,9H2,1-3H3/t10-,11+,13+/m0/s1. The summed E-state index contributed by atoms with van der Waals surface area (Å²) in [7, 11) is 1.48. The quantitative estimate of drug-likeness (QED) is 0.889.